The molecule has 2 rings (SSSR count). The second-order valence-electron chi connectivity index (χ2n) is 4.13. The third kappa shape index (κ3) is 2.77. The molecule has 0 saturated carbocycles. The van der Waals surface area contributed by atoms with E-state index in [2.05, 4.69) is 0 Å². The van der Waals surface area contributed by atoms with Crippen molar-refractivity contribution in [1.82, 2.24) is 0 Å². The molecule has 0 saturated heterocycles. The van der Waals surface area contributed by atoms with Gasteiger partial charge >= 0.3 is 0 Å². The highest BCUT2D eigenvalue weighted by atomic mass is 35.5. The lowest BCUT2D eigenvalue weighted by molar-refractivity contribution is 0.0993. The van der Waals surface area contributed by atoms with Crippen LogP contribution in [0.3, 0.4) is 0 Å². The zero-order chi connectivity index (χ0) is 14.7. The normalized spacial score (nSPS) is 9.90. The zero-order valence-electron chi connectivity index (χ0n) is 10.6. The molecule has 0 aliphatic carbocycles. The Labute approximate surface area is 127 Å². The van der Waals surface area contributed by atoms with Gasteiger partial charge in [-0.25, -0.2) is 0 Å². The predicted octanol–water partition coefficient (Wildman–Crippen LogP) is 4.14. The van der Waals surface area contributed by atoms with Crippen molar-refractivity contribution in [3.63, 3.8) is 0 Å². The summed E-state index contributed by atoms with van der Waals surface area (Å²) >= 11 is 12.0. The van der Waals surface area contributed by atoms with Gasteiger partial charge in [0.15, 0.2) is 0 Å². The lowest BCUT2D eigenvalue weighted by Crippen LogP contribution is -2.26. The molecule has 0 N–H and O–H groups in total. The summed E-state index contributed by atoms with van der Waals surface area (Å²) in [5.41, 5.74) is 1.42. The number of carbonyl (C=O) groups is 1. The molecule has 0 unspecified atom stereocenters. The van der Waals surface area contributed by atoms with Gasteiger partial charge in [-0.3, -0.25) is 4.79 Å². The minimum absolute atomic E-state index is 0.224. The van der Waals surface area contributed by atoms with Crippen LogP contribution in [0.5, 0.6) is 0 Å². The molecule has 20 heavy (non-hydrogen) atoms. The third-order valence-electron chi connectivity index (χ3n) is 2.85. The molecule has 0 heterocycles. The molecular formula is C15H10Cl2N2O. The fraction of sp³-hybridized carbons (Fsp3) is 0.0667. The average Bonchev–Trinajstić information content (AvgIpc) is 2.48. The van der Waals surface area contributed by atoms with E-state index in [0.717, 1.165) is 0 Å². The number of anilines is 1. The Bertz CT molecular complexity index is 707. The van der Waals surface area contributed by atoms with Gasteiger partial charge in [-0.15, -0.1) is 0 Å². The molecule has 0 atom stereocenters. The molecule has 5 heteroatoms. The van der Waals surface area contributed by atoms with Crippen LogP contribution in [0.2, 0.25) is 10.0 Å². The van der Waals surface area contributed by atoms with Crippen LogP contribution in [-0.2, 0) is 0 Å². The van der Waals surface area contributed by atoms with Gasteiger partial charge in [0.25, 0.3) is 5.91 Å². The van der Waals surface area contributed by atoms with Gasteiger partial charge in [0.1, 0.15) is 0 Å². The van der Waals surface area contributed by atoms with Crippen LogP contribution in [0.15, 0.2) is 42.5 Å². The quantitative estimate of drug-likeness (QED) is 0.837. The second-order valence-corrected chi connectivity index (χ2v) is 4.91. The van der Waals surface area contributed by atoms with Crippen LogP contribution < -0.4 is 4.90 Å². The maximum atomic E-state index is 12.4. The van der Waals surface area contributed by atoms with Gasteiger partial charge in [0.2, 0.25) is 0 Å². The van der Waals surface area contributed by atoms with E-state index in [4.69, 9.17) is 28.5 Å². The predicted molar refractivity (Wildman–Crippen MR) is 80.4 cm³/mol. The first kappa shape index (κ1) is 14.4. The summed E-state index contributed by atoms with van der Waals surface area (Å²) in [5, 5.41) is 9.44. The number of benzene rings is 2. The van der Waals surface area contributed by atoms with Gasteiger partial charge in [-0.05, 0) is 30.3 Å². The third-order valence-corrected chi connectivity index (χ3v) is 3.67. The molecule has 2 aromatic rings. The summed E-state index contributed by atoms with van der Waals surface area (Å²) < 4.78 is 0. The fourth-order valence-corrected chi connectivity index (χ4v) is 2.13. The molecule has 0 aliphatic heterocycles. The number of rotatable bonds is 2. The van der Waals surface area contributed by atoms with Crippen LogP contribution in [0.4, 0.5) is 5.69 Å². The fourth-order valence-electron chi connectivity index (χ4n) is 1.75. The van der Waals surface area contributed by atoms with E-state index in [1.54, 1.807) is 49.5 Å². The van der Waals surface area contributed by atoms with E-state index < -0.39 is 0 Å². The Morgan fingerprint density at radius 1 is 1.20 bits per heavy atom. The van der Waals surface area contributed by atoms with Crippen molar-refractivity contribution in [2.24, 2.45) is 0 Å². The van der Waals surface area contributed by atoms with Crippen molar-refractivity contribution in [3.05, 3.63) is 63.6 Å². The molecule has 0 spiro atoms. The van der Waals surface area contributed by atoms with Crippen molar-refractivity contribution in [2.45, 2.75) is 0 Å². The smallest absolute Gasteiger partial charge is 0.259 e. The van der Waals surface area contributed by atoms with Crippen LogP contribution in [0, 0.1) is 11.3 Å². The Hall–Kier alpha value is -2.02. The topological polar surface area (TPSA) is 44.1 Å². The van der Waals surface area contributed by atoms with Crippen LogP contribution in [0.25, 0.3) is 0 Å². The Morgan fingerprint density at radius 3 is 2.60 bits per heavy atom. The number of amides is 1. The maximum Gasteiger partial charge on any atom is 0.259 e. The highest BCUT2D eigenvalue weighted by Crippen LogP contribution is 2.27. The number of hydrogen-bond donors (Lipinski definition) is 0. The second kappa shape index (κ2) is 5.96. The van der Waals surface area contributed by atoms with Crippen molar-refractivity contribution >= 4 is 34.8 Å². The van der Waals surface area contributed by atoms with Crippen molar-refractivity contribution in [3.8, 4) is 6.07 Å². The van der Waals surface area contributed by atoms with Crippen LogP contribution in [0.1, 0.15) is 15.9 Å². The number of halogens is 2. The van der Waals surface area contributed by atoms with Gasteiger partial charge in [0, 0.05) is 12.7 Å². The van der Waals surface area contributed by atoms with Crippen molar-refractivity contribution in [2.75, 3.05) is 11.9 Å². The van der Waals surface area contributed by atoms with E-state index in [1.165, 1.54) is 4.90 Å². The standard InChI is InChI=1S/C15H10Cl2N2O/c1-19(11-5-2-4-10(8-11)9-18)15(20)12-6-3-7-13(16)14(12)17/h2-8H,1H3. The molecule has 0 aliphatic rings. The first-order valence-electron chi connectivity index (χ1n) is 5.77. The molecular weight excluding hydrogens is 295 g/mol. The molecule has 0 radical (unpaired) electrons. The van der Waals surface area contributed by atoms with E-state index in [-0.39, 0.29) is 10.9 Å². The first-order valence-corrected chi connectivity index (χ1v) is 6.52. The molecule has 2 aromatic carbocycles. The Morgan fingerprint density at radius 2 is 1.90 bits per heavy atom. The Kier molecular flexibility index (Phi) is 4.29. The summed E-state index contributed by atoms with van der Waals surface area (Å²) in [7, 11) is 1.62. The molecule has 100 valence electrons. The summed E-state index contributed by atoms with van der Waals surface area (Å²) in [6.45, 7) is 0. The van der Waals surface area contributed by atoms with Gasteiger partial charge in [-0.2, -0.15) is 5.26 Å². The van der Waals surface area contributed by atoms with E-state index in [0.29, 0.717) is 21.8 Å². The molecule has 0 fully saturated rings. The average molecular weight is 305 g/mol. The molecule has 3 nitrogen and oxygen atoms in total. The number of nitrogens with zero attached hydrogens (tertiary/aromatic N) is 2. The first-order chi connectivity index (χ1) is 9.54. The van der Waals surface area contributed by atoms with Crippen molar-refractivity contribution < 1.29 is 4.79 Å². The monoisotopic (exact) mass is 304 g/mol. The minimum atomic E-state index is -0.285. The lowest BCUT2D eigenvalue weighted by Gasteiger charge is -2.18. The largest absolute Gasteiger partial charge is 0.311 e. The number of nitriles is 1. The van der Waals surface area contributed by atoms with Gasteiger partial charge in [-0.1, -0.05) is 35.3 Å². The summed E-state index contributed by atoms with van der Waals surface area (Å²) in [4.78, 5) is 13.8. The molecule has 1 amide bonds. The minimum Gasteiger partial charge on any atom is -0.311 e. The van der Waals surface area contributed by atoms with E-state index in [9.17, 15) is 4.79 Å². The molecule has 0 aromatic heterocycles. The van der Waals surface area contributed by atoms with Crippen LogP contribution >= 0.6 is 23.2 Å². The zero-order valence-corrected chi connectivity index (χ0v) is 12.1. The summed E-state index contributed by atoms with van der Waals surface area (Å²) in [6, 6.07) is 13.7. The highest BCUT2D eigenvalue weighted by molar-refractivity contribution is 6.44. The van der Waals surface area contributed by atoms with Gasteiger partial charge < -0.3 is 4.90 Å². The summed E-state index contributed by atoms with van der Waals surface area (Å²) in [5.74, 6) is -0.285. The van der Waals surface area contributed by atoms with E-state index >= 15 is 0 Å². The number of carbonyl (C=O) groups excluding carboxylic acids is 1. The molecule has 0 bridgehead atoms. The van der Waals surface area contributed by atoms with E-state index in [1.807, 2.05) is 6.07 Å². The maximum absolute atomic E-state index is 12.4. The number of hydrogen-bond acceptors (Lipinski definition) is 2. The summed E-state index contributed by atoms with van der Waals surface area (Å²) in [6.07, 6.45) is 0. The lowest BCUT2D eigenvalue weighted by atomic mass is 10.1. The van der Waals surface area contributed by atoms with Crippen LogP contribution in [-0.4, -0.2) is 13.0 Å². The SMILES string of the molecule is CN(C(=O)c1cccc(Cl)c1Cl)c1cccc(C#N)c1. The highest BCUT2D eigenvalue weighted by Gasteiger charge is 2.18. The van der Waals surface area contributed by atoms with Gasteiger partial charge in [0.05, 0.1) is 27.2 Å². The Balaban J connectivity index is 2.38. The van der Waals surface area contributed by atoms with Crippen molar-refractivity contribution in [1.29, 1.82) is 5.26 Å².